The van der Waals surface area contributed by atoms with Gasteiger partial charge in [0.05, 0.1) is 0 Å². The van der Waals surface area contributed by atoms with E-state index in [0.717, 1.165) is 0 Å². The molecule has 0 heterocycles. The molecule has 0 saturated carbocycles. The highest BCUT2D eigenvalue weighted by Gasteiger charge is 2.08. The second-order valence-electron chi connectivity index (χ2n) is 1.92. The second kappa shape index (κ2) is 7.79. The largest absolute Gasteiger partial charge is 0.473 e. The smallest absolute Gasteiger partial charge is 0.216 e. The van der Waals surface area contributed by atoms with E-state index in [1.54, 1.807) is 0 Å². The van der Waals surface area contributed by atoms with Gasteiger partial charge in [0.1, 0.15) is 6.61 Å². The lowest BCUT2D eigenvalue weighted by atomic mass is 10.6. The Bertz CT molecular complexity index is 124. The first-order chi connectivity index (χ1) is 5.70. The van der Waals surface area contributed by atoms with E-state index < -0.39 is 0 Å². The van der Waals surface area contributed by atoms with Crippen LogP contribution in [0, 0.1) is 0 Å². The third kappa shape index (κ3) is 6.84. The molecule has 0 bridgehead atoms. The molecule has 0 spiro atoms. The van der Waals surface area contributed by atoms with E-state index >= 15 is 0 Å². The van der Waals surface area contributed by atoms with Crippen molar-refractivity contribution >= 4 is 29.2 Å². The van der Waals surface area contributed by atoms with E-state index in [0.29, 0.717) is 19.8 Å². The zero-order chi connectivity index (χ0) is 9.40. The standard InChI is InChI=1S/C7H14O3S2/c1-3-8-6(9-4-2)5-10-7(11)12/h6H,3-5H2,1-2H3,(H,11,12). The van der Waals surface area contributed by atoms with Crippen LogP contribution in [0.25, 0.3) is 0 Å². The molecule has 3 nitrogen and oxygen atoms in total. The van der Waals surface area contributed by atoms with E-state index in [1.807, 2.05) is 13.8 Å². The van der Waals surface area contributed by atoms with Gasteiger partial charge >= 0.3 is 0 Å². The fraction of sp³-hybridized carbons (Fsp3) is 0.857. The summed E-state index contributed by atoms with van der Waals surface area (Å²) in [5.74, 6) is 0. The van der Waals surface area contributed by atoms with Crippen molar-refractivity contribution in [2.24, 2.45) is 0 Å². The number of hydrogen-bond donors (Lipinski definition) is 1. The lowest BCUT2D eigenvalue weighted by molar-refractivity contribution is -0.153. The number of thiol groups is 1. The zero-order valence-electron chi connectivity index (χ0n) is 7.28. The molecule has 0 fully saturated rings. The Balaban J connectivity index is 3.54. The van der Waals surface area contributed by atoms with Crippen molar-refractivity contribution in [3.8, 4) is 0 Å². The maximum atomic E-state index is 5.19. The van der Waals surface area contributed by atoms with Gasteiger partial charge in [0, 0.05) is 13.2 Å². The molecule has 0 radical (unpaired) electrons. The topological polar surface area (TPSA) is 27.7 Å². The number of rotatable bonds is 6. The fourth-order valence-corrected chi connectivity index (χ4v) is 0.798. The third-order valence-corrected chi connectivity index (χ3v) is 1.29. The normalized spacial score (nSPS) is 10.3. The molecule has 12 heavy (non-hydrogen) atoms. The summed E-state index contributed by atoms with van der Waals surface area (Å²) in [6.07, 6.45) is -0.343. The number of ether oxygens (including phenoxy) is 3. The number of thiocarbonyl (C=S) groups is 1. The Morgan fingerprint density at radius 3 is 2.17 bits per heavy atom. The van der Waals surface area contributed by atoms with Crippen LogP contribution in [-0.4, -0.2) is 30.5 Å². The highest BCUT2D eigenvalue weighted by Crippen LogP contribution is 1.98. The van der Waals surface area contributed by atoms with Crippen molar-refractivity contribution in [3.63, 3.8) is 0 Å². The van der Waals surface area contributed by atoms with E-state index in [4.69, 9.17) is 14.2 Å². The summed E-state index contributed by atoms with van der Waals surface area (Å²) >= 11 is 8.42. The molecule has 0 unspecified atom stereocenters. The average molecular weight is 210 g/mol. The monoisotopic (exact) mass is 210 g/mol. The van der Waals surface area contributed by atoms with Gasteiger partial charge in [-0.05, 0) is 26.1 Å². The summed E-state index contributed by atoms with van der Waals surface area (Å²) < 4.78 is 15.5. The summed E-state index contributed by atoms with van der Waals surface area (Å²) in [6.45, 7) is 5.26. The number of hydrogen-bond acceptors (Lipinski definition) is 4. The van der Waals surface area contributed by atoms with Crippen molar-refractivity contribution < 1.29 is 14.2 Å². The highest BCUT2D eigenvalue weighted by molar-refractivity contribution is 8.10. The van der Waals surface area contributed by atoms with Crippen LogP contribution in [0.3, 0.4) is 0 Å². The maximum Gasteiger partial charge on any atom is 0.216 e. The molecular weight excluding hydrogens is 196 g/mol. The van der Waals surface area contributed by atoms with Crippen LogP contribution in [-0.2, 0) is 14.2 Å². The molecule has 0 aliphatic carbocycles. The van der Waals surface area contributed by atoms with E-state index in [1.165, 1.54) is 0 Å². The predicted molar refractivity (Wildman–Crippen MR) is 54.6 cm³/mol. The molecule has 72 valence electrons. The molecule has 0 aromatic heterocycles. The van der Waals surface area contributed by atoms with Crippen molar-refractivity contribution in [2.45, 2.75) is 20.1 Å². The lowest BCUT2D eigenvalue weighted by Crippen LogP contribution is -2.24. The van der Waals surface area contributed by atoms with Gasteiger partial charge in [-0.2, -0.15) is 0 Å². The Morgan fingerprint density at radius 2 is 1.83 bits per heavy atom. The van der Waals surface area contributed by atoms with Crippen LogP contribution < -0.4 is 0 Å². The minimum atomic E-state index is -0.343. The van der Waals surface area contributed by atoms with E-state index in [2.05, 4.69) is 24.8 Å². The van der Waals surface area contributed by atoms with Gasteiger partial charge in [-0.1, -0.05) is 12.6 Å². The van der Waals surface area contributed by atoms with Gasteiger partial charge in [0.15, 0.2) is 6.29 Å². The first-order valence-electron chi connectivity index (χ1n) is 3.79. The van der Waals surface area contributed by atoms with Crippen LogP contribution in [0.4, 0.5) is 0 Å². The van der Waals surface area contributed by atoms with E-state index in [9.17, 15) is 0 Å². The molecule has 0 aliphatic rings. The molecule has 0 aromatic carbocycles. The van der Waals surface area contributed by atoms with Gasteiger partial charge in [0.2, 0.25) is 4.38 Å². The quantitative estimate of drug-likeness (QED) is 0.409. The summed E-state index contributed by atoms with van der Waals surface area (Å²) in [6, 6.07) is 0. The minimum absolute atomic E-state index is 0.208. The van der Waals surface area contributed by atoms with Crippen LogP contribution in [0.15, 0.2) is 0 Å². The van der Waals surface area contributed by atoms with Crippen LogP contribution in [0.2, 0.25) is 0 Å². The summed E-state index contributed by atoms with van der Waals surface area (Å²) in [5.41, 5.74) is 0. The summed E-state index contributed by atoms with van der Waals surface area (Å²) in [5, 5.41) is 0. The van der Waals surface area contributed by atoms with Crippen molar-refractivity contribution in [3.05, 3.63) is 0 Å². The molecule has 0 aliphatic heterocycles. The predicted octanol–water partition coefficient (Wildman–Crippen LogP) is 1.62. The average Bonchev–Trinajstić information content (AvgIpc) is 2.01. The fourth-order valence-electron chi connectivity index (χ4n) is 0.655. The Hall–Kier alpha value is 0.160. The first-order valence-corrected chi connectivity index (χ1v) is 4.65. The van der Waals surface area contributed by atoms with Gasteiger partial charge in [0.25, 0.3) is 0 Å². The van der Waals surface area contributed by atoms with Gasteiger partial charge < -0.3 is 14.2 Å². The minimum Gasteiger partial charge on any atom is -0.473 e. The molecule has 0 rings (SSSR count). The van der Waals surface area contributed by atoms with Crippen molar-refractivity contribution in [2.75, 3.05) is 19.8 Å². The second-order valence-corrected chi connectivity index (χ2v) is 3.00. The molecule has 0 N–H and O–H groups in total. The lowest BCUT2D eigenvalue weighted by Gasteiger charge is -2.16. The summed E-state index contributed by atoms with van der Waals surface area (Å²) in [4.78, 5) is 0. The van der Waals surface area contributed by atoms with E-state index in [-0.39, 0.29) is 10.7 Å². The highest BCUT2D eigenvalue weighted by atomic mass is 32.1. The van der Waals surface area contributed by atoms with Gasteiger partial charge in [-0.15, -0.1) is 0 Å². The van der Waals surface area contributed by atoms with Crippen LogP contribution in [0.1, 0.15) is 13.8 Å². The Morgan fingerprint density at radius 1 is 1.33 bits per heavy atom. The van der Waals surface area contributed by atoms with Crippen LogP contribution in [0.5, 0.6) is 0 Å². The molecule has 0 amide bonds. The van der Waals surface area contributed by atoms with Gasteiger partial charge in [-0.25, -0.2) is 0 Å². The zero-order valence-corrected chi connectivity index (χ0v) is 8.99. The first kappa shape index (κ1) is 12.2. The maximum absolute atomic E-state index is 5.19. The van der Waals surface area contributed by atoms with Crippen molar-refractivity contribution in [1.82, 2.24) is 0 Å². The van der Waals surface area contributed by atoms with Gasteiger partial charge in [-0.3, -0.25) is 0 Å². The SMILES string of the molecule is CCOC(COC(=S)S)OCC. The molecule has 0 aromatic rings. The van der Waals surface area contributed by atoms with Crippen molar-refractivity contribution in [1.29, 1.82) is 0 Å². The summed E-state index contributed by atoms with van der Waals surface area (Å²) in [7, 11) is 0. The van der Waals surface area contributed by atoms with Crippen LogP contribution >= 0.6 is 24.8 Å². The Labute approximate surface area is 83.8 Å². The Kier molecular flexibility index (Phi) is 7.89. The third-order valence-electron chi connectivity index (χ3n) is 1.05. The molecule has 0 atom stereocenters. The molecular formula is C7H14O3S2. The molecule has 0 saturated heterocycles. The molecule has 5 heteroatoms.